The molecule has 0 bridgehead atoms. The van der Waals surface area contributed by atoms with Crippen molar-refractivity contribution in [2.75, 3.05) is 20.3 Å². The highest BCUT2D eigenvalue weighted by atomic mass is 16.5. The molecule has 4 rings (SSSR count). The molecule has 1 amide bonds. The number of carbonyl (C=O) groups is 1. The number of hydrogen-bond acceptors (Lipinski definition) is 5. The number of nitriles is 1. The van der Waals surface area contributed by atoms with E-state index in [1.807, 2.05) is 67.7 Å². The number of rotatable bonds is 7. The number of methoxy groups -OCH3 is 1. The van der Waals surface area contributed by atoms with Crippen molar-refractivity contribution in [3.05, 3.63) is 71.4 Å². The van der Waals surface area contributed by atoms with Gasteiger partial charge in [-0.05, 0) is 61.7 Å². The summed E-state index contributed by atoms with van der Waals surface area (Å²) < 4.78 is 12.7. The number of aryl methyl sites for hydroxylation is 1. The molecule has 0 spiro atoms. The highest BCUT2D eigenvalue weighted by Crippen LogP contribution is 2.29. The van der Waals surface area contributed by atoms with Crippen molar-refractivity contribution in [1.29, 1.82) is 5.26 Å². The summed E-state index contributed by atoms with van der Waals surface area (Å²) in [6.07, 6.45) is 5.33. The van der Waals surface area contributed by atoms with E-state index in [2.05, 4.69) is 5.32 Å². The van der Waals surface area contributed by atoms with Crippen LogP contribution in [0.4, 0.5) is 0 Å². The van der Waals surface area contributed by atoms with Crippen molar-refractivity contribution in [3.8, 4) is 28.8 Å². The largest absolute Gasteiger partial charge is 0.496 e. The fraction of sp³-hybridized carbons (Fsp3) is 0.269. The van der Waals surface area contributed by atoms with Gasteiger partial charge in [0.2, 0.25) is 0 Å². The van der Waals surface area contributed by atoms with E-state index in [9.17, 15) is 10.1 Å². The molecule has 7 heteroatoms. The molecule has 1 saturated heterocycles. The molecule has 0 radical (unpaired) electrons. The Kier molecular flexibility index (Phi) is 6.86. The second-order valence-electron chi connectivity index (χ2n) is 7.91. The first-order valence-electron chi connectivity index (χ1n) is 10.9. The molecular weight excluding hydrogens is 416 g/mol. The average molecular weight is 443 g/mol. The van der Waals surface area contributed by atoms with Crippen molar-refractivity contribution in [3.63, 3.8) is 0 Å². The first-order chi connectivity index (χ1) is 16.1. The average Bonchev–Trinajstić information content (AvgIpc) is 3.51. The van der Waals surface area contributed by atoms with Gasteiger partial charge in [-0.3, -0.25) is 4.79 Å². The minimum absolute atomic E-state index is 0.00700. The number of nitrogens with one attached hydrogen (secondary N) is 1. The third kappa shape index (κ3) is 5.13. The van der Waals surface area contributed by atoms with Crippen LogP contribution in [-0.2, 0) is 9.53 Å². The lowest BCUT2D eigenvalue weighted by Gasteiger charge is -2.10. The van der Waals surface area contributed by atoms with Crippen LogP contribution in [0.1, 0.15) is 24.0 Å². The Balaban J connectivity index is 1.70. The topological polar surface area (TPSA) is 89.2 Å². The van der Waals surface area contributed by atoms with Gasteiger partial charge in [0.15, 0.2) is 0 Å². The van der Waals surface area contributed by atoms with Crippen molar-refractivity contribution < 1.29 is 14.3 Å². The summed E-state index contributed by atoms with van der Waals surface area (Å²) in [5, 5.41) is 17.3. The molecule has 0 aliphatic carbocycles. The van der Waals surface area contributed by atoms with E-state index in [1.54, 1.807) is 17.9 Å². The fourth-order valence-electron chi connectivity index (χ4n) is 3.87. The Morgan fingerprint density at radius 2 is 2.15 bits per heavy atom. The highest BCUT2D eigenvalue weighted by Gasteiger charge is 2.19. The summed E-state index contributed by atoms with van der Waals surface area (Å²) >= 11 is 0. The van der Waals surface area contributed by atoms with Gasteiger partial charge in [0.1, 0.15) is 23.1 Å². The summed E-state index contributed by atoms with van der Waals surface area (Å²) in [5.41, 5.74) is 4.08. The molecule has 1 aromatic heterocycles. The van der Waals surface area contributed by atoms with E-state index >= 15 is 0 Å². The highest BCUT2D eigenvalue weighted by molar-refractivity contribution is 6.02. The van der Waals surface area contributed by atoms with Gasteiger partial charge in [0.25, 0.3) is 5.91 Å². The number of hydrogen-bond donors (Lipinski definition) is 1. The second-order valence-corrected chi connectivity index (χ2v) is 7.91. The number of benzene rings is 2. The van der Waals surface area contributed by atoms with E-state index in [1.165, 1.54) is 0 Å². The van der Waals surface area contributed by atoms with Gasteiger partial charge in [-0.2, -0.15) is 10.4 Å². The lowest BCUT2D eigenvalue weighted by atomic mass is 10.0. The lowest BCUT2D eigenvalue weighted by molar-refractivity contribution is -0.117. The van der Waals surface area contributed by atoms with Gasteiger partial charge < -0.3 is 14.8 Å². The minimum atomic E-state index is -0.419. The van der Waals surface area contributed by atoms with Crippen LogP contribution in [-0.4, -0.2) is 42.1 Å². The Morgan fingerprint density at radius 3 is 2.82 bits per heavy atom. The number of amides is 1. The summed E-state index contributed by atoms with van der Waals surface area (Å²) in [6.45, 7) is 3.07. The van der Waals surface area contributed by atoms with Crippen LogP contribution in [0.25, 0.3) is 23.0 Å². The van der Waals surface area contributed by atoms with Gasteiger partial charge in [0, 0.05) is 30.5 Å². The maximum absolute atomic E-state index is 12.7. The number of nitrogens with zero attached hydrogens (tertiary/aromatic N) is 3. The van der Waals surface area contributed by atoms with Gasteiger partial charge in [-0.1, -0.05) is 18.2 Å². The molecule has 33 heavy (non-hydrogen) atoms. The number of para-hydroxylation sites is 1. The van der Waals surface area contributed by atoms with E-state index in [4.69, 9.17) is 14.6 Å². The maximum atomic E-state index is 12.7. The summed E-state index contributed by atoms with van der Waals surface area (Å²) in [5.74, 6) is 0.363. The zero-order valence-electron chi connectivity index (χ0n) is 18.7. The molecule has 168 valence electrons. The standard InChI is InChI=1S/C26H26N4O3/c1-18-13-19(10-11-24(18)32-2)25-21(17-30(29-25)22-7-4-3-5-8-22)14-20(15-27)26(31)28-16-23-9-6-12-33-23/h3-5,7-8,10-11,13-14,17,23H,6,9,12,16H2,1-2H3,(H,28,31)/b20-14-/t23-/m1/s1. The second kappa shape index (κ2) is 10.2. The third-order valence-electron chi connectivity index (χ3n) is 5.61. The normalized spacial score (nSPS) is 15.8. The quantitative estimate of drug-likeness (QED) is 0.440. The van der Waals surface area contributed by atoms with Gasteiger partial charge in [0.05, 0.1) is 18.9 Å². The van der Waals surface area contributed by atoms with Crippen LogP contribution in [0.5, 0.6) is 5.75 Å². The van der Waals surface area contributed by atoms with Crippen molar-refractivity contribution in [1.82, 2.24) is 15.1 Å². The van der Waals surface area contributed by atoms with Crippen molar-refractivity contribution >= 4 is 12.0 Å². The first kappa shape index (κ1) is 22.3. The lowest BCUT2D eigenvalue weighted by Crippen LogP contribution is -2.32. The van der Waals surface area contributed by atoms with Crippen LogP contribution in [0.3, 0.4) is 0 Å². The Hall–Kier alpha value is -3.89. The van der Waals surface area contributed by atoms with Gasteiger partial charge in [-0.25, -0.2) is 4.68 Å². The van der Waals surface area contributed by atoms with Gasteiger partial charge in [-0.15, -0.1) is 0 Å². The minimum Gasteiger partial charge on any atom is -0.496 e. The molecule has 1 aliphatic heterocycles. The number of ether oxygens (including phenoxy) is 2. The SMILES string of the molecule is COc1ccc(-c2nn(-c3ccccc3)cc2/C=C(/C#N)C(=O)NC[C@H]2CCCO2)cc1C. The Morgan fingerprint density at radius 1 is 1.33 bits per heavy atom. The fourth-order valence-corrected chi connectivity index (χ4v) is 3.87. The van der Waals surface area contributed by atoms with E-state index in [-0.39, 0.29) is 11.7 Å². The molecule has 1 fully saturated rings. The van der Waals surface area contributed by atoms with E-state index < -0.39 is 5.91 Å². The van der Waals surface area contributed by atoms with Crippen LogP contribution in [0.15, 0.2) is 60.3 Å². The van der Waals surface area contributed by atoms with Crippen LogP contribution in [0, 0.1) is 18.3 Å². The molecule has 1 N–H and O–H groups in total. The Bertz CT molecular complexity index is 1200. The predicted octanol–water partition coefficient (Wildman–Crippen LogP) is 4.06. The summed E-state index contributed by atoms with van der Waals surface area (Å²) in [6, 6.07) is 17.5. The zero-order valence-corrected chi connectivity index (χ0v) is 18.7. The van der Waals surface area contributed by atoms with Crippen molar-refractivity contribution in [2.45, 2.75) is 25.9 Å². The summed E-state index contributed by atoms with van der Waals surface area (Å²) in [4.78, 5) is 12.7. The first-order valence-corrected chi connectivity index (χ1v) is 10.9. The zero-order chi connectivity index (χ0) is 23.2. The maximum Gasteiger partial charge on any atom is 0.262 e. The van der Waals surface area contributed by atoms with Crippen LogP contribution >= 0.6 is 0 Å². The molecule has 3 aromatic rings. The molecule has 1 atom stereocenters. The predicted molar refractivity (Wildman–Crippen MR) is 126 cm³/mol. The summed E-state index contributed by atoms with van der Waals surface area (Å²) in [7, 11) is 1.63. The van der Waals surface area contributed by atoms with Crippen LogP contribution in [0.2, 0.25) is 0 Å². The molecule has 1 aliphatic rings. The molecular formula is C26H26N4O3. The molecule has 7 nitrogen and oxygen atoms in total. The molecule has 0 unspecified atom stereocenters. The molecule has 2 aromatic carbocycles. The van der Waals surface area contributed by atoms with Crippen LogP contribution < -0.4 is 10.1 Å². The van der Waals surface area contributed by atoms with E-state index in [0.717, 1.165) is 35.4 Å². The van der Waals surface area contributed by atoms with Gasteiger partial charge >= 0.3 is 0 Å². The Labute approximate surface area is 193 Å². The number of aromatic nitrogens is 2. The smallest absolute Gasteiger partial charge is 0.262 e. The monoisotopic (exact) mass is 442 g/mol. The van der Waals surface area contributed by atoms with Crippen molar-refractivity contribution in [2.24, 2.45) is 0 Å². The van der Waals surface area contributed by atoms with E-state index in [0.29, 0.717) is 24.4 Å². The molecule has 2 heterocycles. The number of carbonyl (C=O) groups excluding carboxylic acids is 1. The third-order valence-corrected chi connectivity index (χ3v) is 5.61. The molecule has 0 saturated carbocycles.